The Hall–Kier alpha value is -3.66. The van der Waals surface area contributed by atoms with Crippen molar-refractivity contribution in [2.45, 2.75) is 43.7 Å². The summed E-state index contributed by atoms with van der Waals surface area (Å²) in [5, 5.41) is 14.3. The molecule has 2 aromatic carbocycles. The van der Waals surface area contributed by atoms with Crippen LogP contribution in [-0.2, 0) is 19.8 Å². The number of ether oxygens (including phenoxy) is 1. The second-order valence-electron chi connectivity index (χ2n) is 8.29. The number of aromatic nitrogens is 3. The van der Waals surface area contributed by atoms with Gasteiger partial charge in [0, 0.05) is 17.8 Å². The van der Waals surface area contributed by atoms with Gasteiger partial charge in [-0.2, -0.15) is 0 Å². The Bertz CT molecular complexity index is 1240. The van der Waals surface area contributed by atoms with E-state index < -0.39 is 5.41 Å². The van der Waals surface area contributed by atoms with Crippen LogP contribution in [-0.4, -0.2) is 45.3 Å². The maximum absolute atomic E-state index is 12.6. The van der Waals surface area contributed by atoms with Gasteiger partial charge in [-0.15, -0.1) is 10.2 Å². The number of anilines is 1. The molecule has 4 rings (SSSR count). The molecule has 182 valence electrons. The largest absolute Gasteiger partial charge is 0.497 e. The van der Waals surface area contributed by atoms with Crippen molar-refractivity contribution in [3.8, 4) is 11.4 Å². The molecule has 1 aliphatic rings. The van der Waals surface area contributed by atoms with Crippen LogP contribution in [0.25, 0.3) is 5.69 Å². The third-order valence-electron chi connectivity index (χ3n) is 6.25. The first kappa shape index (κ1) is 24.5. The fourth-order valence-corrected chi connectivity index (χ4v) is 5.03. The van der Waals surface area contributed by atoms with Crippen molar-refractivity contribution in [3.05, 3.63) is 59.9 Å². The first-order valence-corrected chi connectivity index (χ1v) is 12.3. The number of nitrogens with one attached hydrogen (secondary N) is 2. The number of methoxy groups -OCH3 is 1. The number of carbonyl (C=O) groups is 3. The van der Waals surface area contributed by atoms with E-state index in [1.54, 1.807) is 19.2 Å². The number of hydrogen-bond acceptors (Lipinski definition) is 7. The van der Waals surface area contributed by atoms with E-state index in [2.05, 4.69) is 20.8 Å². The summed E-state index contributed by atoms with van der Waals surface area (Å²) < 4.78 is 7.10. The highest BCUT2D eigenvalue weighted by atomic mass is 32.2. The normalized spacial score (nSPS) is 17.7. The zero-order chi connectivity index (χ0) is 25.0. The Kier molecular flexibility index (Phi) is 7.20. The van der Waals surface area contributed by atoms with Crippen LogP contribution in [0.5, 0.6) is 5.75 Å². The molecule has 3 amide bonds. The minimum atomic E-state index is -0.726. The summed E-state index contributed by atoms with van der Waals surface area (Å²) in [6, 6.07) is 14.8. The number of aryl methyl sites for hydroxylation is 1. The molecule has 35 heavy (non-hydrogen) atoms. The molecule has 0 saturated carbocycles. The number of hydrogen-bond donors (Lipinski definition) is 2. The van der Waals surface area contributed by atoms with Gasteiger partial charge in [0.1, 0.15) is 11.6 Å². The highest BCUT2D eigenvalue weighted by Crippen LogP contribution is 2.36. The monoisotopic (exact) mass is 493 g/mol. The number of nitrogens with zero attached hydrogens (tertiary/aromatic N) is 3. The van der Waals surface area contributed by atoms with Crippen molar-refractivity contribution in [3.63, 3.8) is 0 Å². The molecule has 1 aliphatic heterocycles. The van der Waals surface area contributed by atoms with E-state index in [1.165, 1.54) is 11.8 Å². The summed E-state index contributed by atoms with van der Waals surface area (Å²) >= 11 is 1.29. The summed E-state index contributed by atoms with van der Waals surface area (Å²) in [4.78, 5) is 36.8. The summed E-state index contributed by atoms with van der Waals surface area (Å²) in [6.45, 7) is 3.79. The van der Waals surface area contributed by atoms with Gasteiger partial charge in [0.15, 0.2) is 5.16 Å². The lowest BCUT2D eigenvalue weighted by Gasteiger charge is -2.35. The molecule has 1 saturated heterocycles. The number of imide groups is 1. The second kappa shape index (κ2) is 10.3. The highest BCUT2D eigenvalue weighted by molar-refractivity contribution is 7.99. The minimum absolute atomic E-state index is 0.152. The standard InChI is InChI=1S/C25H27N5O4S/c1-4-25(14-13-21(31)27-23(25)33)17-5-7-18(8-6-17)26-22(32)15-35-24-29-28-16(2)30(24)19-9-11-20(34-3)12-10-19/h5-12H,4,13-15H2,1-3H3,(H,26,32)(H,27,31,33). The molecule has 2 N–H and O–H groups in total. The number of carbonyl (C=O) groups excluding carboxylic acids is 3. The molecular weight excluding hydrogens is 466 g/mol. The Morgan fingerprint density at radius 3 is 2.49 bits per heavy atom. The predicted molar refractivity (Wildman–Crippen MR) is 133 cm³/mol. The molecule has 0 spiro atoms. The van der Waals surface area contributed by atoms with Crippen LogP contribution in [0.15, 0.2) is 53.7 Å². The van der Waals surface area contributed by atoms with Gasteiger partial charge in [0.25, 0.3) is 0 Å². The molecule has 0 aliphatic carbocycles. The molecule has 0 radical (unpaired) electrons. The molecule has 1 atom stereocenters. The van der Waals surface area contributed by atoms with Gasteiger partial charge in [0.2, 0.25) is 17.7 Å². The smallest absolute Gasteiger partial charge is 0.237 e. The van der Waals surface area contributed by atoms with Crippen LogP contribution in [0.1, 0.15) is 37.6 Å². The van der Waals surface area contributed by atoms with Crippen molar-refractivity contribution in [2.75, 3.05) is 18.2 Å². The van der Waals surface area contributed by atoms with E-state index in [0.29, 0.717) is 35.9 Å². The van der Waals surface area contributed by atoms with Crippen LogP contribution in [0.2, 0.25) is 0 Å². The van der Waals surface area contributed by atoms with Crippen LogP contribution < -0.4 is 15.4 Å². The summed E-state index contributed by atoms with van der Waals surface area (Å²) in [5.41, 5.74) is 1.62. The van der Waals surface area contributed by atoms with Crippen molar-refractivity contribution in [1.82, 2.24) is 20.1 Å². The lowest BCUT2D eigenvalue weighted by atomic mass is 9.72. The molecule has 2 heterocycles. The summed E-state index contributed by atoms with van der Waals surface area (Å²) in [7, 11) is 1.61. The second-order valence-corrected chi connectivity index (χ2v) is 9.23. The van der Waals surface area contributed by atoms with Crippen LogP contribution in [0, 0.1) is 6.92 Å². The third kappa shape index (κ3) is 5.07. The first-order chi connectivity index (χ1) is 16.9. The Balaban J connectivity index is 1.40. The van der Waals surface area contributed by atoms with Gasteiger partial charge in [-0.3, -0.25) is 24.3 Å². The third-order valence-corrected chi connectivity index (χ3v) is 7.18. The molecule has 9 nitrogen and oxygen atoms in total. The topological polar surface area (TPSA) is 115 Å². The van der Waals surface area contributed by atoms with Gasteiger partial charge < -0.3 is 10.1 Å². The quantitative estimate of drug-likeness (QED) is 0.365. The zero-order valence-corrected chi connectivity index (χ0v) is 20.6. The molecule has 3 aromatic rings. The van der Waals surface area contributed by atoms with Crippen LogP contribution in [0.3, 0.4) is 0 Å². The lowest BCUT2D eigenvalue weighted by molar-refractivity contribution is -0.138. The number of rotatable bonds is 8. The van der Waals surface area contributed by atoms with Gasteiger partial charge in [-0.25, -0.2) is 0 Å². The van der Waals surface area contributed by atoms with E-state index in [0.717, 1.165) is 17.0 Å². The van der Waals surface area contributed by atoms with Crippen LogP contribution in [0.4, 0.5) is 5.69 Å². The first-order valence-electron chi connectivity index (χ1n) is 11.3. The Morgan fingerprint density at radius 1 is 1.14 bits per heavy atom. The minimum Gasteiger partial charge on any atom is -0.497 e. The Morgan fingerprint density at radius 2 is 1.86 bits per heavy atom. The van der Waals surface area contributed by atoms with E-state index in [1.807, 2.05) is 54.8 Å². The van der Waals surface area contributed by atoms with Gasteiger partial charge in [-0.05, 0) is 61.7 Å². The van der Waals surface area contributed by atoms with E-state index in [4.69, 9.17) is 4.74 Å². The predicted octanol–water partition coefficient (Wildman–Crippen LogP) is 3.40. The van der Waals surface area contributed by atoms with Crippen molar-refractivity contribution in [1.29, 1.82) is 0 Å². The van der Waals surface area contributed by atoms with E-state index in [9.17, 15) is 14.4 Å². The van der Waals surface area contributed by atoms with Crippen molar-refractivity contribution >= 4 is 35.2 Å². The highest BCUT2D eigenvalue weighted by Gasteiger charge is 2.42. The number of amides is 3. The van der Waals surface area contributed by atoms with E-state index >= 15 is 0 Å². The number of thioether (sulfide) groups is 1. The van der Waals surface area contributed by atoms with E-state index in [-0.39, 0.29) is 23.5 Å². The maximum Gasteiger partial charge on any atom is 0.237 e. The average Bonchev–Trinajstić information content (AvgIpc) is 3.24. The van der Waals surface area contributed by atoms with Gasteiger partial charge in [-0.1, -0.05) is 30.8 Å². The number of benzene rings is 2. The van der Waals surface area contributed by atoms with Gasteiger partial charge in [0.05, 0.1) is 18.3 Å². The van der Waals surface area contributed by atoms with Crippen LogP contribution >= 0.6 is 11.8 Å². The summed E-state index contributed by atoms with van der Waals surface area (Å²) in [6.07, 6.45) is 1.38. The zero-order valence-electron chi connectivity index (χ0n) is 19.8. The molecule has 10 heteroatoms. The lowest BCUT2D eigenvalue weighted by Crippen LogP contribution is -2.51. The summed E-state index contributed by atoms with van der Waals surface area (Å²) in [5.74, 6) is 0.933. The van der Waals surface area contributed by atoms with Gasteiger partial charge >= 0.3 is 0 Å². The SMILES string of the molecule is CCC1(c2ccc(NC(=O)CSc3nnc(C)n3-c3ccc(OC)cc3)cc2)CCC(=O)NC1=O. The van der Waals surface area contributed by atoms with Crippen molar-refractivity contribution < 1.29 is 19.1 Å². The fourth-order valence-electron chi connectivity index (χ4n) is 4.23. The molecule has 1 aromatic heterocycles. The van der Waals surface area contributed by atoms with Crippen molar-refractivity contribution in [2.24, 2.45) is 0 Å². The fraction of sp³-hybridized carbons (Fsp3) is 0.320. The average molecular weight is 494 g/mol. The Labute approximate surface area is 207 Å². The molecule has 1 unspecified atom stereocenters. The molecule has 0 bridgehead atoms. The maximum atomic E-state index is 12.6. The molecular formula is C25H27N5O4S. The number of piperidine rings is 1. The molecule has 1 fully saturated rings.